The number of hydrogen-bond acceptors (Lipinski definition) is 5. The van der Waals surface area contributed by atoms with Crippen LogP contribution < -0.4 is 4.74 Å². The summed E-state index contributed by atoms with van der Waals surface area (Å²) in [6.45, 7) is 4.80. The molecule has 1 saturated heterocycles. The largest absolute Gasteiger partial charge is 0.490 e. The van der Waals surface area contributed by atoms with Gasteiger partial charge in [-0.3, -0.25) is 4.90 Å². The molecule has 5 nitrogen and oxygen atoms in total. The number of aryl methyl sites for hydroxylation is 1. The van der Waals surface area contributed by atoms with Crippen LogP contribution in [0.4, 0.5) is 0 Å². The summed E-state index contributed by atoms with van der Waals surface area (Å²) >= 11 is 0. The third kappa shape index (κ3) is 4.48. The number of benzene rings is 1. The molecule has 2 fully saturated rings. The van der Waals surface area contributed by atoms with Crippen molar-refractivity contribution in [3.05, 3.63) is 29.8 Å². The average Bonchev–Trinajstić information content (AvgIpc) is 2.88. The van der Waals surface area contributed by atoms with Crippen LogP contribution in [0, 0.1) is 6.92 Å². The van der Waals surface area contributed by atoms with E-state index in [1.54, 1.807) is 0 Å². The molecular weight excluding hydrogens is 306 g/mol. The minimum absolute atomic E-state index is 0.187. The Morgan fingerprint density at radius 3 is 2.67 bits per heavy atom. The van der Waals surface area contributed by atoms with Gasteiger partial charge in [0.05, 0.1) is 18.8 Å². The monoisotopic (exact) mass is 335 g/mol. The smallest absolute Gasteiger partial charge is 0.134 e. The van der Waals surface area contributed by atoms with Gasteiger partial charge in [0.1, 0.15) is 18.0 Å². The molecular formula is C19H29NO4. The van der Waals surface area contributed by atoms with E-state index < -0.39 is 11.2 Å². The average molecular weight is 335 g/mol. The summed E-state index contributed by atoms with van der Waals surface area (Å²) in [5.74, 6) is 0.788. The summed E-state index contributed by atoms with van der Waals surface area (Å²) in [4.78, 5) is 2.12. The summed E-state index contributed by atoms with van der Waals surface area (Å²) in [6, 6.07) is 7.80. The molecule has 3 rings (SSSR count). The summed E-state index contributed by atoms with van der Waals surface area (Å²) < 4.78 is 11.5. The molecule has 1 unspecified atom stereocenters. The Morgan fingerprint density at radius 1 is 1.17 bits per heavy atom. The van der Waals surface area contributed by atoms with Crippen molar-refractivity contribution in [2.45, 2.75) is 43.8 Å². The maximum atomic E-state index is 11.0. The summed E-state index contributed by atoms with van der Waals surface area (Å²) in [5, 5.41) is 21.6. The Labute approximate surface area is 144 Å². The molecule has 24 heavy (non-hydrogen) atoms. The van der Waals surface area contributed by atoms with Crippen LogP contribution in [0.5, 0.6) is 5.75 Å². The summed E-state index contributed by atoms with van der Waals surface area (Å²) in [6.07, 6.45) is 3.87. The first-order chi connectivity index (χ1) is 11.5. The van der Waals surface area contributed by atoms with Crippen LogP contribution in [-0.2, 0) is 4.74 Å². The van der Waals surface area contributed by atoms with Gasteiger partial charge in [-0.15, -0.1) is 0 Å². The second-order valence-electron chi connectivity index (χ2n) is 7.47. The van der Waals surface area contributed by atoms with Crippen LogP contribution in [0.25, 0.3) is 0 Å². The van der Waals surface area contributed by atoms with Gasteiger partial charge in [-0.25, -0.2) is 0 Å². The van der Waals surface area contributed by atoms with Gasteiger partial charge in [-0.1, -0.05) is 31.0 Å². The number of aliphatic hydroxyl groups is 2. The van der Waals surface area contributed by atoms with Gasteiger partial charge in [0.15, 0.2) is 0 Å². The normalized spacial score (nSPS) is 27.8. The van der Waals surface area contributed by atoms with Gasteiger partial charge in [0.2, 0.25) is 0 Å². The third-order valence-electron chi connectivity index (χ3n) is 5.08. The molecule has 2 aliphatic rings. The fourth-order valence-electron chi connectivity index (χ4n) is 3.76. The molecule has 5 heteroatoms. The number of hydrogen-bond donors (Lipinski definition) is 2. The SMILES string of the molecule is Cc1ccccc1OCC1(O)COCCN(CC2(O)CCCC2)C1. The maximum absolute atomic E-state index is 11.0. The molecule has 0 bridgehead atoms. The lowest BCUT2D eigenvalue weighted by atomic mass is 10.00. The van der Waals surface area contributed by atoms with E-state index in [9.17, 15) is 10.2 Å². The maximum Gasteiger partial charge on any atom is 0.134 e. The lowest BCUT2D eigenvalue weighted by molar-refractivity contribution is -0.0713. The zero-order valence-electron chi connectivity index (χ0n) is 14.5. The van der Waals surface area contributed by atoms with E-state index in [2.05, 4.69) is 4.90 Å². The molecule has 134 valence electrons. The van der Waals surface area contributed by atoms with Crippen LogP contribution >= 0.6 is 0 Å². The van der Waals surface area contributed by atoms with Gasteiger partial charge < -0.3 is 19.7 Å². The lowest BCUT2D eigenvalue weighted by Crippen LogP contribution is -2.52. The highest BCUT2D eigenvalue weighted by Crippen LogP contribution is 2.31. The van der Waals surface area contributed by atoms with E-state index in [0.29, 0.717) is 19.7 Å². The number of rotatable bonds is 5. The van der Waals surface area contributed by atoms with Gasteiger partial charge in [0.25, 0.3) is 0 Å². The first kappa shape index (κ1) is 17.7. The number of β-amino-alcohol motifs (C(OH)–C–C–N with tert-alkyl or cyclic N) is 2. The second kappa shape index (κ2) is 7.40. The van der Waals surface area contributed by atoms with E-state index in [1.807, 2.05) is 31.2 Å². The van der Waals surface area contributed by atoms with Crippen molar-refractivity contribution in [1.82, 2.24) is 4.90 Å². The summed E-state index contributed by atoms with van der Waals surface area (Å²) in [7, 11) is 0. The van der Waals surface area contributed by atoms with Crippen molar-refractivity contribution in [3.63, 3.8) is 0 Å². The Hall–Kier alpha value is -1.14. The van der Waals surface area contributed by atoms with E-state index in [4.69, 9.17) is 9.47 Å². The molecule has 1 aliphatic heterocycles. The summed E-state index contributed by atoms with van der Waals surface area (Å²) in [5.41, 5.74) is -0.622. The van der Waals surface area contributed by atoms with Crippen molar-refractivity contribution in [2.75, 3.05) is 39.5 Å². The van der Waals surface area contributed by atoms with Crippen LogP contribution in [0.15, 0.2) is 24.3 Å². The van der Waals surface area contributed by atoms with E-state index >= 15 is 0 Å². The quantitative estimate of drug-likeness (QED) is 0.858. The number of nitrogens with zero attached hydrogens (tertiary/aromatic N) is 1. The molecule has 1 aromatic rings. The molecule has 0 amide bonds. The topological polar surface area (TPSA) is 62.2 Å². The third-order valence-corrected chi connectivity index (χ3v) is 5.08. The second-order valence-corrected chi connectivity index (χ2v) is 7.47. The highest BCUT2D eigenvalue weighted by atomic mass is 16.5. The minimum Gasteiger partial charge on any atom is -0.490 e. The molecule has 1 heterocycles. The van der Waals surface area contributed by atoms with Crippen LogP contribution in [0.3, 0.4) is 0 Å². The van der Waals surface area contributed by atoms with Crippen molar-refractivity contribution in [2.24, 2.45) is 0 Å². The van der Waals surface area contributed by atoms with E-state index in [-0.39, 0.29) is 13.2 Å². The molecule has 1 aliphatic carbocycles. The molecule has 0 aromatic heterocycles. The fraction of sp³-hybridized carbons (Fsp3) is 0.684. The minimum atomic E-state index is -1.06. The van der Waals surface area contributed by atoms with Gasteiger partial charge in [-0.2, -0.15) is 0 Å². The highest BCUT2D eigenvalue weighted by Gasteiger charge is 2.38. The van der Waals surface area contributed by atoms with Crippen molar-refractivity contribution in [3.8, 4) is 5.75 Å². The Balaban J connectivity index is 1.61. The van der Waals surface area contributed by atoms with E-state index in [1.165, 1.54) is 0 Å². The molecule has 2 N–H and O–H groups in total. The Kier molecular flexibility index (Phi) is 5.45. The molecule has 1 atom stereocenters. The molecule has 0 radical (unpaired) electrons. The van der Waals surface area contributed by atoms with Crippen LogP contribution in [-0.4, -0.2) is 65.8 Å². The Bertz CT molecular complexity index is 544. The van der Waals surface area contributed by atoms with Crippen LogP contribution in [0.2, 0.25) is 0 Å². The molecule has 1 aromatic carbocycles. The van der Waals surface area contributed by atoms with Gasteiger partial charge >= 0.3 is 0 Å². The molecule has 1 saturated carbocycles. The van der Waals surface area contributed by atoms with Crippen LogP contribution in [0.1, 0.15) is 31.2 Å². The zero-order valence-corrected chi connectivity index (χ0v) is 14.5. The lowest BCUT2D eigenvalue weighted by Gasteiger charge is -2.34. The highest BCUT2D eigenvalue weighted by molar-refractivity contribution is 5.31. The fourth-order valence-corrected chi connectivity index (χ4v) is 3.76. The first-order valence-corrected chi connectivity index (χ1v) is 8.91. The molecule has 0 spiro atoms. The predicted molar refractivity (Wildman–Crippen MR) is 92.3 cm³/mol. The first-order valence-electron chi connectivity index (χ1n) is 8.91. The standard InChI is InChI=1S/C19H29NO4/c1-16-6-2-3-7-17(16)24-15-19(22)13-20(10-11-23-14-19)12-18(21)8-4-5-9-18/h2-3,6-7,21-22H,4-5,8-15H2,1H3. The Morgan fingerprint density at radius 2 is 1.92 bits per heavy atom. The van der Waals surface area contributed by atoms with Crippen molar-refractivity contribution >= 4 is 0 Å². The van der Waals surface area contributed by atoms with E-state index in [0.717, 1.165) is 43.5 Å². The number of para-hydroxylation sites is 1. The predicted octanol–water partition coefficient (Wildman–Crippen LogP) is 1.74. The number of ether oxygens (including phenoxy) is 2. The van der Waals surface area contributed by atoms with Crippen molar-refractivity contribution in [1.29, 1.82) is 0 Å². The van der Waals surface area contributed by atoms with Gasteiger partial charge in [-0.05, 0) is 31.4 Å². The zero-order chi connectivity index (χ0) is 17.0. The van der Waals surface area contributed by atoms with Crippen molar-refractivity contribution < 1.29 is 19.7 Å². The van der Waals surface area contributed by atoms with Gasteiger partial charge in [0, 0.05) is 19.6 Å².